The summed E-state index contributed by atoms with van der Waals surface area (Å²) in [5.41, 5.74) is 7.74. The molecular formula is C13H13ClN2O. The number of nitrogen functional groups attached to an aromatic ring is 1. The van der Waals surface area contributed by atoms with Crippen molar-refractivity contribution in [3.05, 3.63) is 36.0 Å². The number of alkyl halides is 1. The number of carbonyl (C=O) groups excluding carboxylic acids is 1. The van der Waals surface area contributed by atoms with Crippen molar-refractivity contribution < 1.29 is 4.79 Å². The van der Waals surface area contributed by atoms with Gasteiger partial charge >= 0.3 is 0 Å². The number of benzene rings is 1. The third-order valence-electron chi connectivity index (χ3n) is 2.63. The van der Waals surface area contributed by atoms with Gasteiger partial charge in [0.25, 0.3) is 0 Å². The number of pyridine rings is 1. The summed E-state index contributed by atoms with van der Waals surface area (Å²) in [5, 5.41) is 0.812. The maximum absolute atomic E-state index is 12.1. The van der Waals surface area contributed by atoms with Crippen molar-refractivity contribution in [3.8, 4) is 0 Å². The molecule has 0 saturated heterocycles. The number of Topliss-reactive ketones (excluding diaryl/α,β-unsaturated/α-hetero) is 1. The summed E-state index contributed by atoms with van der Waals surface area (Å²) in [4.78, 5) is 16.3. The van der Waals surface area contributed by atoms with E-state index in [1.807, 2.05) is 12.1 Å². The molecule has 17 heavy (non-hydrogen) atoms. The molecule has 0 saturated carbocycles. The van der Waals surface area contributed by atoms with Gasteiger partial charge in [-0.25, -0.2) is 0 Å². The average Bonchev–Trinajstić information content (AvgIpc) is 2.35. The molecule has 1 heterocycles. The number of halogens is 1. The zero-order valence-corrected chi connectivity index (χ0v) is 10.1. The Morgan fingerprint density at radius 3 is 2.94 bits per heavy atom. The van der Waals surface area contributed by atoms with Crippen molar-refractivity contribution in [1.82, 2.24) is 4.98 Å². The third kappa shape index (κ3) is 2.39. The minimum absolute atomic E-state index is 0.0294. The minimum Gasteiger partial charge on any atom is -0.398 e. The molecule has 3 nitrogen and oxygen atoms in total. The van der Waals surface area contributed by atoms with Gasteiger partial charge in [-0.05, 0) is 24.6 Å². The molecule has 0 aliphatic heterocycles. The molecule has 4 heteroatoms. The molecule has 0 amide bonds. The Morgan fingerprint density at radius 1 is 1.35 bits per heavy atom. The monoisotopic (exact) mass is 248 g/mol. The van der Waals surface area contributed by atoms with Crippen LogP contribution in [0.15, 0.2) is 30.5 Å². The fourth-order valence-corrected chi connectivity index (χ4v) is 1.97. The van der Waals surface area contributed by atoms with E-state index in [0.717, 1.165) is 10.9 Å². The maximum atomic E-state index is 12.1. The zero-order valence-electron chi connectivity index (χ0n) is 9.32. The van der Waals surface area contributed by atoms with Gasteiger partial charge in [0.15, 0.2) is 5.78 Å². The maximum Gasteiger partial charge on any atom is 0.165 e. The van der Waals surface area contributed by atoms with Crippen molar-refractivity contribution in [2.75, 3.05) is 11.6 Å². The van der Waals surface area contributed by atoms with Crippen LogP contribution in [0.3, 0.4) is 0 Å². The Kier molecular flexibility index (Phi) is 3.59. The van der Waals surface area contributed by atoms with Gasteiger partial charge in [0, 0.05) is 35.1 Å². The largest absolute Gasteiger partial charge is 0.398 e. The number of hydrogen-bond donors (Lipinski definition) is 1. The van der Waals surface area contributed by atoms with E-state index in [4.69, 9.17) is 17.3 Å². The molecule has 0 unspecified atom stereocenters. The van der Waals surface area contributed by atoms with E-state index in [0.29, 0.717) is 30.0 Å². The molecule has 0 bridgehead atoms. The van der Waals surface area contributed by atoms with Crippen LogP contribution in [0.25, 0.3) is 10.9 Å². The lowest BCUT2D eigenvalue weighted by Gasteiger charge is -2.08. The summed E-state index contributed by atoms with van der Waals surface area (Å²) in [6.07, 6.45) is 2.78. The summed E-state index contributed by atoms with van der Waals surface area (Å²) in [5.74, 6) is 0.510. The number of aromatic nitrogens is 1. The predicted molar refractivity (Wildman–Crippen MR) is 70.4 cm³/mol. The first kappa shape index (κ1) is 11.9. The molecular weight excluding hydrogens is 236 g/mol. The highest BCUT2D eigenvalue weighted by atomic mass is 35.5. The molecule has 0 atom stereocenters. The van der Waals surface area contributed by atoms with Gasteiger partial charge in [0.1, 0.15) is 0 Å². The number of ketones is 1. The number of anilines is 1. The summed E-state index contributed by atoms with van der Waals surface area (Å²) in [6, 6.07) is 7.22. The van der Waals surface area contributed by atoms with Crippen LogP contribution in [0.4, 0.5) is 5.69 Å². The van der Waals surface area contributed by atoms with Crippen LogP contribution in [0, 0.1) is 0 Å². The third-order valence-corrected chi connectivity index (χ3v) is 2.90. The van der Waals surface area contributed by atoms with E-state index in [2.05, 4.69) is 4.98 Å². The quantitative estimate of drug-likeness (QED) is 0.514. The first-order chi connectivity index (χ1) is 8.24. The fourth-order valence-electron chi connectivity index (χ4n) is 1.83. The normalized spacial score (nSPS) is 10.6. The van der Waals surface area contributed by atoms with Gasteiger partial charge in [0.2, 0.25) is 0 Å². The molecule has 0 radical (unpaired) electrons. The number of nitrogens with two attached hydrogens (primary N) is 1. The van der Waals surface area contributed by atoms with Crippen LogP contribution in [-0.2, 0) is 0 Å². The van der Waals surface area contributed by atoms with E-state index >= 15 is 0 Å². The number of rotatable bonds is 4. The zero-order chi connectivity index (χ0) is 12.3. The van der Waals surface area contributed by atoms with Crippen LogP contribution in [0.1, 0.15) is 23.2 Å². The lowest BCUT2D eigenvalue weighted by Crippen LogP contribution is -2.05. The molecule has 0 aliphatic rings. The average molecular weight is 249 g/mol. The van der Waals surface area contributed by atoms with Crippen LogP contribution >= 0.6 is 11.6 Å². The van der Waals surface area contributed by atoms with E-state index in [1.165, 1.54) is 0 Å². The minimum atomic E-state index is 0.0294. The Balaban J connectivity index is 2.51. The van der Waals surface area contributed by atoms with Gasteiger partial charge in [-0.15, -0.1) is 11.6 Å². The van der Waals surface area contributed by atoms with E-state index in [1.54, 1.807) is 18.3 Å². The van der Waals surface area contributed by atoms with Crippen molar-refractivity contribution in [3.63, 3.8) is 0 Å². The second-order valence-electron chi connectivity index (χ2n) is 3.82. The molecule has 0 aliphatic carbocycles. The van der Waals surface area contributed by atoms with Gasteiger partial charge in [0.05, 0.1) is 5.52 Å². The highest BCUT2D eigenvalue weighted by molar-refractivity contribution is 6.18. The van der Waals surface area contributed by atoms with Gasteiger partial charge in [-0.3, -0.25) is 9.78 Å². The molecule has 2 aromatic rings. The first-order valence-corrected chi connectivity index (χ1v) is 6.00. The van der Waals surface area contributed by atoms with Gasteiger partial charge in [-0.1, -0.05) is 6.07 Å². The molecule has 1 aromatic heterocycles. The van der Waals surface area contributed by atoms with E-state index in [9.17, 15) is 4.79 Å². The molecule has 0 fully saturated rings. The van der Waals surface area contributed by atoms with Crippen molar-refractivity contribution >= 4 is 34.0 Å². The summed E-state index contributed by atoms with van der Waals surface area (Å²) in [7, 11) is 0. The van der Waals surface area contributed by atoms with Crippen LogP contribution in [0.5, 0.6) is 0 Å². The second-order valence-corrected chi connectivity index (χ2v) is 4.19. The Hall–Kier alpha value is -1.61. The van der Waals surface area contributed by atoms with Crippen LogP contribution in [-0.4, -0.2) is 16.6 Å². The van der Waals surface area contributed by atoms with Crippen LogP contribution in [0.2, 0.25) is 0 Å². The Labute approximate surface area is 105 Å². The van der Waals surface area contributed by atoms with Crippen LogP contribution < -0.4 is 5.73 Å². The second kappa shape index (κ2) is 5.15. The lowest BCUT2D eigenvalue weighted by atomic mass is 10.00. The number of fused-ring (bicyclic) bond motifs is 1. The Morgan fingerprint density at radius 2 is 2.18 bits per heavy atom. The topological polar surface area (TPSA) is 56.0 Å². The first-order valence-electron chi connectivity index (χ1n) is 5.46. The van der Waals surface area contributed by atoms with Crippen molar-refractivity contribution in [2.24, 2.45) is 0 Å². The fraction of sp³-hybridized carbons (Fsp3) is 0.231. The van der Waals surface area contributed by atoms with Crippen molar-refractivity contribution in [2.45, 2.75) is 12.8 Å². The molecule has 2 rings (SSSR count). The summed E-state index contributed by atoms with van der Waals surface area (Å²) >= 11 is 5.60. The molecule has 0 spiro atoms. The van der Waals surface area contributed by atoms with Crippen molar-refractivity contribution in [1.29, 1.82) is 0 Å². The lowest BCUT2D eigenvalue weighted by molar-refractivity contribution is 0.0984. The molecule has 88 valence electrons. The highest BCUT2D eigenvalue weighted by Crippen LogP contribution is 2.24. The van der Waals surface area contributed by atoms with E-state index < -0.39 is 0 Å². The molecule has 1 aromatic carbocycles. The van der Waals surface area contributed by atoms with Gasteiger partial charge < -0.3 is 5.73 Å². The number of carbonyl (C=O) groups is 1. The SMILES string of the molecule is Nc1ccc2ncccc2c1C(=O)CCCCl. The smallest absolute Gasteiger partial charge is 0.165 e. The summed E-state index contributed by atoms with van der Waals surface area (Å²) in [6.45, 7) is 0. The van der Waals surface area contributed by atoms with E-state index in [-0.39, 0.29) is 5.78 Å². The standard InChI is InChI=1S/C13H13ClN2O/c14-7-1-4-12(17)13-9-3-2-8-16-11(9)6-5-10(13)15/h2-3,5-6,8H,1,4,7,15H2. The van der Waals surface area contributed by atoms with Gasteiger partial charge in [-0.2, -0.15) is 0 Å². The summed E-state index contributed by atoms with van der Waals surface area (Å²) < 4.78 is 0. The number of hydrogen-bond acceptors (Lipinski definition) is 3. The Bertz CT molecular complexity index is 554. The molecule has 2 N–H and O–H groups in total. The number of nitrogens with zero attached hydrogens (tertiary/aromatic N) is 1. The predicted octanol–water partition coefficient (Wildman–Crippen LogP) is 3.02. The highest BCUT2D eigenvalue weighted by Gasteiger charge is 2.13.